The summed E-state index contributed by atoms with van der Waals surface area (Å²) in [7, 11) is 2.01. The molecule has 1 aliphatic heterocycles. The number of hydrogen-bond acceptors (Lipinski definition) is 3. The quantitative estimate of drug-likeness (QED) is 0.876. The third-order valence-corrected chi connectivity index (χ3v) is 3.80. The minimum atomic E-state index is 0.208. The Balaban J connectivity index is 2.14. The Hall–Kier alpha value is -0.900. The van der Waals surface area contributed by atoms with Crippen molar-refractivity contribution in [2.24, 2.45) is 0 Å². The van der Waals surface area contributed by atoms with E-state index in [1.165, 1.54) is 11.1 Å². The molecule has 1 aromatic carbocycles. The van der Waals surface area contributed by atoms with Gasteiger partial charge in [0.05, 0.1) is 19.3 Å². The second-order valence-corrected chi connectivity index (χ2v) is 6.27. The first kappa shape index (κ1) is 14.5. The number of ether oxygens (including phenoxy) is 1. The summed E-state index contributed by atoms with van der Waals surface area (Å²) >= 11 is 0. The zero-order valence-electron chi connectivity index (χ0n) is 12.5. The lowest BCUT2D eigenvalue weighted by Gasteiger charge is -2.31. The van der Waals surface area contributed by atoms with Crippen molar-refractivity contribution in [3.63, 3.8) is 0 Å². The van der Waals surface area contributed by atoms with Crippen molar-refractivity contribution in [1.82, 2.24) is 10.6 Å². The molecule has 0 spiro atoms. The molecule has 0 bridgehead atoms. The van der Waals surface area contributed by atoms with Crippen LogP contribution in [-0.2, 0) is 10.2 Å². The van der Waals surface area contributed by atoms with Crippen molar-refractivity contribution >= 4 is 0 Å². The molecule has 1 saturated heterocycles. The van der Waals surface area contributed by atoms with Crippen LogP contribution in [0.1, 0.15) is 37.9 Å². The minimum absolute atomic E-state index is 0.208. The summed E-state index contributed by atoms with van der Waals surface area (Å²) in [5, 5.41) is 6.93. The summed E-state index contributed by atoms with van der Waals surface area (Å²) in [6, 6.07) is 9.59. The predicted molar refractivity (Wildman–Crippen MR) is 79.6 cm³/mol. The van der Waals surface area contributed by atoms with Gasteiger partial charge in [-0.15, -0.1) is 0 Å². The molecule has 1 aliphatic rings. The van der Waals surface area contributed by atoms with Crippen LogP contribution in [0.4, 0.5) is 0 Å². The van der Waals surface area contributed by atoms with Crippen molar-refractivity contribution in [2.45, 2.75) is 38.3 Å². The van der Waals surface area contributed by atoms with Gasteiger partial charge in [-0.05, 0) is 23.6 Å². The van der Waals surface area contributed by atoms with E-state index in [-0.39, 0.29) is 5.41 Å². The van der Waals surface area contributed by atoms with E-state index in [0.29, 0.717) is 12.1 Å². The second-order valence-electron chi connectivity index (χ2n) is 6.27. The van der Waals surface area contributed by atoms with Crippen LogP contribution in [0.25, 0.3) is 0 Å². The molecule has 1 heterocycles. The first-order chi connectivity index (χ1) is 9.02. The van der Waals surface area contributed by atoms with Gasteiger partial charge in [-0.1, -0.05) is 45.0 Å². The van der Waals surface area contributed by atoms with E-state index in [1.807, 2.05) is 7.05 Å². The predicted octanol–water partition coefficient (Wildman–Crippen LogP) is 2.23. The maximum Gasteiger partial charge on any atom is 0.0638 e. The zero-order valence-corrected chi connectivity index (χ0v) is 12.5. The van der Waals surface area contributed by atoms with Gasteiger partial charge in [0.15, 0.2) is 0 Å². The fraction of sp³-hybridized carbons (Fsp3) is 0.625. The van der Waals surface area contributed by atoms with Gasteiger partial charge in [-0.25, -0.2) is 0 Å². The van der Waals surface area contributed by atoms with E-state index in [2.05, 4.69) is 55.7 Å². The van der Waals surface area contributed by atoms with Gasteiger partial charge in [0.1, 0.15) is 0 Å². The molecule has 3 nitrogen and oxygen atoms in total. The number of likely N-dealkylation sites (N-methyl/N-ethyl adjacent to an activating group) is 1. The van der Waals surface area contributed by atoms with Crippen LogP contribution in [0.3, 0.4) is 0 Å². The molecular weight excluding hydrogens is 236 g/mol. The largest absolute Gasteiger partial charge is 0.378 e. The van der Waals surface area contributed by atoms with Crippen molar-refractivity contribution in [3.8, 4) is 0 Å². The van der Waals surface area contributed by atoms with E-state index in [0.717, 1.165) is 19.8 Å². The summed E-state index contributed by atoms with van der Waals surface area (Å²) in [6.07, 6.45) is 0. The first-order valence-electron chi connectivity index (χ1n) is 7.11. The molecule has 0 saturated carbocycles. The van der Waals surface area contributed by atoms with Gasteiger partial charge in [-0.3, -0.25) is 0 Å². The molecule has 0 aliphatic carbocycles. The third kappa shape index (κ3) is 3.56. The molecule has 3 heteroatoms. The maximum atomic E-state index is 5.56. The second kappa shape index (κ2) is 6.04. The number of rotatable bonds is 3. The fourth-order valence-electron chi connectivity index (χ4n) is 2.59. The monoisotopic (exact) mass is 262 g/mol. The highest BCUT2D eigenvalue weighted by atomic mass is 16.5. The standard InChI is InChI=1S/C16H26N2O/c1-16(2,3)13-7-5-12(6-8-13)15(17-4)14-11-19-10-9-18-14/h5-8,14-15,17-18H,9-11H2,1-4H3. The molecule has 0 aromatic heterocycles. The van der Waals surface area contributed by atoms with E-state index in [9.17, 15) is 0 Å². The molecule has 106 valence electrons. The van der Waals surface area contributed by atoms with Crippen LogP contribution in [0, 0.1) is 0 Å². The molecular formula is C16H26N2O. The lowest BCUT2D eigenvalue weighted by molar-refractivity contribution is 0.0645. The van der Waals surface area contributed by atoms with Crippen LogP contribution in [0.2, 0.25) is 0 Å². The van der Waals surface area contributed by atoms with Crippen molar-refractivity contribution in [3.05, 3.63) is 35.4 Å². The van der Waals surface area contributed by atoms with Gasteiger partial charge >= 0.3 is 0 Å². The van der Waals surface area contributed by atoms with E-state index in [4.69, 9.17) is 4.74 Å². The number of hydrogen-bond donors (Lipinski definition) is 2. The molecule has 0 amide bonds. The van der Waals surface area contributed by atoms with Gasteiger partial charge in [-0.2, -0.15) is 0 Å². The van der Waals surface area contributed by atoms with Gasteiger partial charge < -0.3 is 15.4 Å². The SMILES string of the molecule is CNC(c1ccc(C(C)(C)C)cc1)C1COCCN1. The number of morpholine rings is 1. The molecule has 1 fully saturated rings. The summed E-state index contributed by atoms with van der Waals surface area (Å²) < 4.78 is 5.56. The first-order valence-corrected chi connectivity index (χ1v) is 7.11. The van der Waals surface area contributed by atoms with Crippen molar-refractivity contribution < 1.29 is 4.74 Å². The maximum absolute atomic E-state index is 5.56. The smallest absolute Gasteiger partial charge is 0.0638 e. The molecule has 0 radical (unpaired) electrons. The zero-order chi connectivity index (χ0) is 13.9. The average molecular weight is 262 g/mol. The Kier molecular flexibility index (Phi) is 4.61. The topological polar surface area (TPSA) is 33.3 Å². The van der Waals surface area contributed by atoms with Crippen LogP contribution >= 0.6 is 0 Å². The average Bonchev–Trinajstić information content (AvgIpc) is 2.40. The van der Waals surface area contributed by atoms with Gasteiger partial charge in [0, 0.05) is 12.6 Å². The highest BCUT2D eigenvalue weighted by molar-refractivity contribution is 5.30. The van der Waals surface area contributed by atoms with Gasteiger partial charge in [0.25, 0.3) is 0 Å². The summed E-state index contributed by atoms with van der Waals surface area (Å²) in [5.41, 5.74) is 2.90. The summed E-state index contributed by atoms with van der Waals surface area (Å²) in [6.45, 7) is 9.25. The molecule has 1 aromatic rings. The minimum Gasteiger partial charge on any atom is -0.378 e. The van der Waals surface area contributed by atoms with Crippen LogP contribution < -0.4 is 10.6 Å². The fourth-order valence-corrected chi connectivity index (χ4v) is 2.59. The summed E-state index contributed by atoms with van der Waals surface area (Å²) in [4.78, 5) is 0. The van der Waals surface area contributed by atoms with E-state index in [1.54, 1.807) is 0 Å². The third-order valence-electron chi connectivity index (χ3n) is 3.80. The lowest BCUT2D eigenvalue weighted by atomic mass is 9.86. The number of benzene rings is 1. The van der Waals surface area contributed by atoms with E-state index < -0.39 is 0 Å². The summed E-state index contributed by atoms with van der Waals surface area (Å²) in [5.74, 6) is 0. The van der Waals surface area contributed by atoms with Crippen molar-refractivity contribution in [1.29, 1.82) is 0 Å². The van der Waals surface area contributed by atoms with Crippen LogP contribution in [0.5, 0.6) is 0 Å². The highest BCUT2D eigenvalue weighted by Gasteiger charge is 2.24. The normalized spacial score (nSPS) is 22.2. The molecule has 2 rings (SSSR count). The highest BCUT2D eigenvalue weighted by Crippen LogP contribution is 2.25. The van der Waals surface area contributed by atoms with Crippen LogP contribution in [-0.4, -0.2) is 32.8 Å². The Morgan fingerprint density at radius 2 is 1.95 bits per heavy atom. The Bertz CT molecular complexity index is 388. The lowest BCUT2D eigenvalue weighted by Crippen LogP contribution is -2.48. The van der Waals surface area contributed by atoms with Crippen LogP contribution in [0.15, 0.2) is 24.3 Å². The van der Waals surface area contributed by atoms with Gasteiger partial charge in [0.2, 0.25) is 0 Å². The Morgan fingerprint density at radius 1 is 1.26 bits per heavy atom. The molecule has 2 atom stereocenters. The molecule has 2 N–H and O–H groups in total. The van der Waals surface area contributed by atoms with E-state index >= 15 is 0 Å². The Labute approximate surface area is 116 Å². The molecule has 2 unspecified atom stereocenters. The van der Waals surface area contributed by atoms with Crippen molar-refractivity contribution in [2.75, 3.05) is 26.8 Å². The number of nitrogens with one attached hydrogen (secondary N) is 2. The Morgan fingerprint density at radius 3 is 2.42 bits per heavy atom. The molecule has 19 heavy (non-hydrogen) atoms.